The highest BCUT2D eigenvalue weighted by atomic mass is 19.1. The first-order valence-electron chi connectivity index (χ1n) is 6.89. The summed E-state index contributed by atoms with van der Waals surface area (Å²) >= 11 is 0. The van der Waals surface area contributed by atoms with Gasteiger partial charge in [0.1, 0.15) is 0 Å². The Labute approximate surface area is 118 Å². The second-order valence-corrected chi connectivity index (χ2v) is 5.21. The highest BCUT2D eigenvalue weighted by Crippen LogP contribution is 2.25. The minimum Gasteiger partial charge on any atom is -0.478 e. The molecule has 0 atom stereocenters. The van der Waals surface area contributed by atoms with E-state index in [1.165, 1.54) is 6.07 Å². The van der Waals surface area contributed by atoms with Crippen LogP contribution in [-0.4, -0.2) is 24.7 Å². The number of carbonyl (C=O) groups excluding carboxylic acids is 1. The molecule has 0 aromatic heterocycles. The fraction of sp³-hybridized carbons (Fsp3) is 0.533. The Hall–Kier alpha value is -1.62. The lowest BCUT2D eigenvalue weighted by molar-refractivity contribution is -0.149. The number of carbonyl (C=O) groups is 1. The topological polar surface area (TPSA) is 47.6 Å². The molecule has 0 unspecified atom stereocenters. The first-order valence-corrected chi connectivity index (χ1v) is 6.89. The van der Waals surface area contributed by atoms with Gasteiger partial charge in [0.25, 0.3) is 0 Å². The van der Waals surface area contributed by atoms with E-state index in [0.717, 1.165) is 12.8 Å². The van der Waals surface area contributed by atoms with Crippen LogP contribution in [0, 0.1) is 5.82 Å². The summed E-state index contributed by atoms with van der Waals surface area (Å²) in [5.74, 6) is -0.830. The molecule has 110 valence electrons. The third kappa shape index (κ3) is 4.49. The average molecular weight is 281 g/mol. The molecule has 0 aliphatic heterocycles. The van der Waals surface area contributed by atoms with Gasteiger partial charge in [0.15, 0.2) is 18.2 Å². The van der Waals surface area contributed by atoms with Gasteiger partial charge in [0.2, 0.25) is 0 Å². The number of halogens is 1. The number of benzene rings is 1. The summed E-state index contributed by atoms with van der Waals surface area (Å²) < 4.78 is 24.0. The number of ether oxygens (including phenoxy) is 2. The summed E-state index contributed by atoms with van der Waals surface area (Å²) in [7, 11) is 0. The molecule has 1 N–H and O–H groups in total. The number of rotatable bonds is 7. The maximum absolute atomic E-state index is 13.8. The van der Waals surface area contributed by atoms with Crippen molar-refractivity contribution in [2.45, 2.75) is 45.4 Å². The molecule has 0 radical (unpaired) electrons. The fourth-order valence-electron chi connectivity index (χ4n) is 1.82. The maximum Gasteiger partial charge on any atom is 0.344 e. The minimum atomic E-state index is -0.496. The number of para-hydroxylation sites is 1. The molecule has 1 saturated carbocycles. The van der Waals surface area contributed by atoms with Gasteiger partial charge in [0, 0.05) is 18.2 Å². The number of esters is 1. The lowest BCUT2D eigenvalue weighted by Crippen LogP contribution is -2.21. The van der Waals surface area contributed by atoms with Gasteiger partial charge in [0.05, 0.1) is 6.10 Å². The van der Waals surface area contributed by atoms with Crippen LogP contribution >= 0.6 is 0 Å². The SMILES string of the molecule is CC(C)OC(=O)COc1c(F)cccc1CNC1CC1. The van der Waals surface area contributed by atoms with Crippen molar-refractivity contribution < 1.29 is 18.7 Å². The van der Waals surface area contributed by atoms with Gasteiger partial charge < -0.3 is 14.8 Å². The average Bonchev–Trinajstić information content (AvgIpc) is 3.18. The Bertz CT molecular complexity index is 472. The summed E-state index contributed by atoms with van der Waals surface area (Å²) in [6, 6.07) is 5.28. The molecule has 1 fully saturated rings. The van der Waals surface area contributed by atoms with E-state index in [1.807, 2.05) is 0 Å². The van der Waals surface area contributed by atoms with Crippen LogP contribution < -0.4 is 10.1 Å². The van der Waals surface area contributed by atoms with E-state index < -0.39 is 11.8 Å². The Balaban J connectivity index is 1.95. The normalized spacial score (nSPS) is 14.4. The van der Waals surface area contributed by atoms with E-state index in [0.29, 0.717) is 18.2 Å². The molecule has 20 heavy (non-hydrogen) atoms. The van der Waals surface area contributed by atoms with Crippen molar-refractivity contribution in [1.29, 1.82) is 0 Å². The van der Waals surface area contributed by atoms with E-state index in [1.54, 1.807) is 26.0 Å². The molecule has 4 nitrogen and oxygen atoms in total. The van der Waals surface area contributed by atoms with Gasteiger partial charge in [-0.1, -0.05) is 12.1 Å². The van der Waals surface area contributed by atoms with Crippen molar-refractivity contribution in [3.8, 4) is 5.75 Å². The van der Waals surface area contributed by atoms with Crippen LogP contribution in [0.5, 0.6) is 5.75 Å². The predicted molar refractivity (Wildman–Crippen MR) is 73.0 cm³/mol. The first kappa shape index (κ1) is 14.8. The van der Waals surface area contributed by atoms with Gasteiger partial charge in [-0.3, -0.25) is 0 Å². The minimum absolute atomic E-state index is 0.126. The van der Waals surface area contributed by atoms with E-state index >= 15 is 0 Å². The smallest absolute Gasteiger partial charge is 0.344 e. The molecule has 5 heteroatoms. The highest BCUT2D eigenvalue weighted by molar-refractivity contribution is 5.71. The van der Waals surface area contributed by atoms with Crippen LogP contribution in [0.2, 0.25) is 0 Å². The van der Waals surface area contributed by atoms with E-state index in [-0.39, 0.29) is 18.5 Å². The largest absolute Gasteiger partial charge is 0.478 e. The number of hydrogen-bond donors (Lipinski definition) is 1. The van der Waals surface area contributed by atoms with Crippen LogP contribution in [0.15, 0.2) is 18.2 Å². The highest BCUT2D eigenvalue weighted by Gasteiger charge is 2.21. The lowest BCUT2D eigenvalue weighted by atomic mass is 10.2. The lowest BCUT2D eigenvalue weighted by Gasteiger charge is -2.13. The monoisotopic (exact) mass is 281 g/mol. The van der Waals surface area contributed by atoms with Gasteiger partial charge in [-0.05, 0) is 32.8 Å². The van der Waals surface area contributed by atoms with Crippen LogP contribution in [0.3, 0.4) is 0 Å². The van der Waals surface area contributed by atoms with E-state index in [4.69, 9.17) is 9.47 Å². The molecule has 0 amide bonds. The van der Waals surface area contributed by atoms with Crippen molar-refractivity contribution in [3.63, 3.8) is 0 Å². The van der Waals surface area contributed by atoms with E-state index in [2.05, 4.69) is 5.32 Å². The quantitative estimate of drug-likeness (QED) is 0.780. The molecule has 1 aromatic carbocycles. The number of nitrogens with one attached hydrogen (secondary N) is 1. The molecule has 1 aliphatic rings. The van der Waals surface area contributed by atoms with Gasteiger partial charge in [-0.15, -0.1) is 0 Å². The zero-order chi connectivity index (χ0) is 14.5. The molecule has 0 spiro atoms. The van der Waals surface area contributed by atoms with Crippen molar-refractivity contribution in [2.24, 2.45) is 0 Å². The predicted octanol–water partition coefficient (Wildman–Crippen LogP) is 2.41. The Morgan fingerprint density at radius 1 is 1.45 bits per heavy atom. The Morgan fingerprint density at radius 3 is 2.85 bits per heavy atom. The fourth-order valence-corrected chi connectivity index (χ4v) is 1.82. The van der Waals surface area contributed by atoms with Crippen molar-refractivity contribution in [3.05, 3.63) is 29.6 Å². The van der Waals surface area contributed by atoms with Gasteiger partial charge in [-0.2, -0.15) is 0 Å². The summed E-state index contributed by atoms with van der Waals surface area (Å²) in [6.45, 7) is 3.77. The molecule has 1 aromatic rings. The second kappa shape index (κ2) is 6.70. The van der Waals surface area contributed by atoms with Crippen LogP contribution in [0.4, 0.5) is 4.39 Å². The molecule has 0 saturated heterocycles. The van der Waals surface area contributed by atoms with Crippen molar-refractivity contribution in [2.75, 3.05) is 6.61 Å². The summed E-state index contributed by atoms with van der Waals surface area (Å²) in [6.07, 6.45) is 2.11. The van der Waals surface area contributed by atoms with Gasteiger partial charge >= 0.3 is 5.97 Å². The summed E-state index contributed by atoms with van der Waals surface area (Å²) in [5.41, 5.74) is 0.717. The third-order valence-electron chi connectivity index (χ3n) is 2.91. The van der Waals surface area contributed by atoms with Crippen LogP contribution in [0.25, 0.3) is 0 Å². The van der Waals surface area contributed by atoms with Crippen molar-refractivity contribution in [1.82, 2.24) is 5.32 Å². The van der Waals surface area contributed by atoms with Crippen molar-refractivity contribution >= 4 is 5.97 Å². The van der Waals surface area contributed by atoms with Crippen LogP contribution in [0.1, 0.15) is 32.3 Å². The van der Waals surface area contributed by atoms with Crippen LogP contribution in [-0.2, 0) is 16.1 Å². The summed E-state index contributed by atoms with van der Waals surface area (Å²) in [5, 5.41) is 3.30. The Morgan fingerprint density at radius 2 is 2.20 bits per heavy atom. The second-order valence-electron chi connectivity index (χ2n) is 5.21. The number of hydrogen-bond acceptors (Lipinski definition) is 4. The first-order chi connectivity index (χ1) is 9.56. The summed E-state index contributed by atoms with van der Waals surface area (Å²) in [4.78, 5) is 11.4. The standard InChI is InChI=1S/C15H20FNO3/c1-10(2)20-14(18)9-19-15-11(4-3-5-13(15)16)8-17-12-6-7-12/h3-5,10,12,17H,6-9H2,1-2H3. The molecular weight excluding hydrogens is 261 g/mol. The zero-order valence-corrected chi connectivity index (χ0v) is 11.8. The molecule has 0 bridgehead atoms. The molecule has 2 rings (SSSR count). The zero-order valence-electron chi connectivity index (χ0n) is 11.8. The van der Waals surface area contributed by atoms with Gasteiger partial charge in [-0.25, -0.2) is 9.18 Å². The molecule has 1 aliphatic carbocycles. The third-order valence-corrected chi connectivity index (χ3v) is 2.91. The van der Waals surface area contributed by atoms with E-state index in [9.17, 15) is 9.18 Å². The maximum atomic E-state index is 13.8. The molecular formula is C15H20FNO3. The molecule has 0 heterocycles. The Kier molecular flexibility index (Phi) is 4.95.